The van der Waals surface area contributed by atoms with Crippen LogP contribution in [-0.4, -0.2) is 67.6 Å². The summed E-state index contributed by atoms with van der Waals surface area (Å²) in [6.07, 6.45) is 4.42. The van der Waals surface area contributed by atoms with Gasteiger partial charge >= 0.3 is 5.97 Å². The number of rotatable bonds is 18. The summed E-state index contributed by atoms with van der Waals surface area (Å²) >= 11 is 0. The number of hydrogen-bond donors (Lipinski definition) is 5. The van der Waals surface area contributed by atoms with E-state index in [9.17, 15) is 28.2 Å². The average Bonchev–Trinajstić information content (AvgIpc) is 3.15. The first kappa shape index (κ1) is 40.3. The first-order chi connectivity index (χ1) is 25.8. The Balaban J connectivity index is 1.19. The molecule has 5 rings (SSSR count). The molecule has 0 saturated heterocycles. The summed E-state index contributed by atoms with van der Waals surface area (Å²) in [4.78, 5) is 24.2. The van der Waals surface area contributed by atoms with E-state index in [1.165, 1.54) is 0 Å². The average molecular weight is 758 g/mol. The Morgan fingerprint density at radius 3 is 2.06 bits per heavy atom. The standard InChI is InChI=1S/C42H51N3O8S/c1-28(2)40(42(48)49)44-41(47)33-16-14-31(15-17-33)32-18-20-34(21-19-32)43-36(24-29-10-6-4-7-11-29)38(46)27-52-35-22-23-39(37(25-35)45-54(3,50)51)53-26-30-12-8-5-9-13-30/h4-17,22-23,25,28,32,34,36,38,40,43,45-46H,18-21,24,26-27H2,1-3H3,(H,44,47)(H,48,49)/t32?,34?,36?,38-,40?/m1/s1. The number of carboxylic acids is 1. The maximum absolute atomic E-state index is 12.7. The van der Waals surface area contributed by atoms with Gasteiger partial charge < -0.3 is 30.3 Å². The summed E-state index contributed by atoms with van der Waals surface area (Å²) in [6.45, 7) is 3.75. The Morgan fingerprint density at radius 1 is 0.833 bits per heavy atom. The van der Waals surface area contributed by atoms with Gasteiger partial charge in [0.15, 0.2) is 0 Å². The van der Waals surface area contributed by atoms with Crippen molar-refractivity contribution in [3.8, 4) is 11.5 Å². The van der Waals surface area contributed by atoms with E-state index in [2.05, 4.69) is 15.4 Å². The minimum Gasteiger partial charge on any atom is -0.491 e. The Hall–Kier alpha value is -4.91. The second-order valence-electron chi connectivity index (χ2n) is 14.4. The normalized spacial score (nSPS) is 17.6. The number of carbonyl (C=O) groups is 2. The molecule has 0 aromatic heterocycles. The Bertz CT molecular complexity index is 1920. The summed E-state index contributed by atoms with van der Waals surface area (Å²) in [5.74, 6) is -0.639. The third kappa shape index (κ3) is 12.1. The van der Waals surface area contributed by atoms with Crippen molar-refractivity contribution >= 4 is 27.6 Å². The van der Waals surface area contributed by atoms with Crippen LogP contribution in [0.25, 0.3) is 0 Å². The highest BCUT2D eigenvalue weighted by Gasteiger charge is 2.29. The van der Waals surface area contributed by atoms with E-state index < -0.39 is 34.0 Å². The molecule has 1 aliphatic rings. The van der Waals surface area contributed by atoms with Crippen molar-refractivity contribution in [3.05, 3.63) is 125 Å². The fraction of sp³-hybridized carbons (Fsp3) is 0.381. The third-order valence-electron chi connectivity index (χ3n) is 9.71. The van der Waals surface area contributed by atoms with Crippen LogP contribution in [0.1, 0.15) is 72.5 Å². The largest absolute Gasteiger partial charge is 0.491 e. The number of sulfonamides is 1. The monoisotopic (exact) mass is 757 g/mol. The Labute approximate surface area is 318 Å². The number of aliphatic carboxylic acids is 1. The van der Waals surface area contributed by atoms with E-state index in [1.54, 1.807) is 44.2 Å². The fourth-order valence-electron chi connectivity index (χ4n) is 6.75. The molecule has 1 amide bonds. The second-order valence-corrected chi connectivity index (χ2v) is 16.1. The molecule has 288 valence electrons. The Kier molecular flexibility index (Phi) is 14.1. The molecule has 4 aromatic rings. The smallest absolute Gasteiger partial charge is 0.326 e. The lowest BCUT2D eigenvalue weighted by atomic mass is 9.81. The number of nitrogens with one attached hydrogen (secondary N) is 3. The molecule has 1 saturated carbocycles. The zero-order chi connectivity index (χ0) is 38.7. The predicted octanol–water partition coefficient (Wildman–Crippen LogP) is 6.14. The Morgan fingerprint density at radius 2 is 1.46 bits per heavy atom. The van der Waals surface area contributed by atoms with Crippen LogP contribution in [0.4, 0.5) is 5.69 Å². The van der Waals surface area contributed by atoms with E-state index in [1.807, 2.05) is 72.8 Å². The van der Waals surface area contributed by atoms with E-state index in [0.717, 1.165) is 48.6 Å². The van der Waals surface area contributed by atoms with Gasteiger partial charge in [0.2, 0.25) is 10.0 Å². The van der Waals surface area contributed by atoms with E-state index in [4.69, 9.17) is 9.47 Å². The third-order valence-corrected chi connectivity index (χ3v) is 10.3. The van der Waals surface area contributed by atoms with E-state index in [0.29, 0.717) is 29.4 Å². The SMILES string of the molecule is CC(C)C(NC(=O)c1ccc(C2CCC(NC(Cc3ccccc3)[C@H](O)COc3ccc(OCc4ccccc4)c(NS(C)(=O)=O)c3)CC2)cc1)C(=O)O. The lowest BCUT2D eigenvalue weighted by molar-refractivity contribution is -0.140. The van der Waals surface area contributed by atoms with Gasteiger partial charge in [0.25, 0.3) is 5.91 Å². The summed E-state index contributed by atoms with van der Waals surface area (Å²) in [6, 6.07) is 30.8. The fourth-order valence-corrected chi connectivity index (χ4v) is 7.31. The number of hydrogen-bond acceptors (Lipinski definition) is 8. The molecule has 54 heavy (non-hydrogen) atoms. The zero-order valence-electron chi connectivity index (χ0n) is 31.0. The molecule has 2 unspecified atom stereocenters. The first-order valence-corrected chi connectivity index (χ1v) is 20.3. The summed E-state index contributed by atoms with van der Waals surface area (Å²) in [7, 11) is -3.61. The van der Waals surface area contributed by atoms with Gasteiger partial charge in [0.05, 0.1) is 11.9 Å². The van der Waals surface area contributed by atoms with Crippen LogP contribution in [0.15, 0.2) is 103 Å². The molecule has 12 heteroatoms. The van der Waals surface area contributed by atoms with Crippen molar-refractivity contribution in [2.24, 2.45) is 5.92 Å². The predicted molar refractivity (Wildman–Crippen MR) is 209 cm³/mol. The van der Waals surface area contributed by atoms with E-state index in [-0.39, 0.29) is 36.9 Å². The van der Waals surface area contributed by atoms with Crippen molar-refractivity contribution in [2.75, 3.05) is 17.6 Å². The highest BCUT2D eigenvalue weighted by Crippen LogP contribution is 2.34. The topological polar surface area (TPSA) is 163 Å². The lowest BCUT2D eigenvalue weighted by Gasteiger charge is -2.34. The lowest BCUT2D eigenvalue weighted by Crippen LogP contribution is -2.49. The van der Waals surface area contributed by atoms with Crippen LogP contribution in [0.3, 0.4) is 0 Å². The number of aliphatic hydroxyl groups is 1. The van der Waals surface area contributed by atoms with Gasteiger partial charge in [-0.2, -0.15) is 0 Å². The second kappa shape index (κ2) is 18.9. The minimum atomic E-state index is -3.61. The van der Waals surface area contributed by atoms with Crippen molar-refractivity contribution < 1.29 is 37.7 Å². The van der Waals surface area contributed by atoms with Crippen molar-refractivity contribution in [1.82, 2.24) is 10.6 Å². The number of amides is 1. The molecular formula is C42H51N3O8S. The maximum atomic E-state index is 12.7. The molecule has 1 fully saturated rings. The van der Waals surface area contributed by atoms with Crippen LogP contribution in [0, 0.1) is 5.92 Å². The van der Waals surface area contributed by atoms with Crippen molar-refractivity contribution in [1.29, 1.82) is 0 Å². The van der Waals surface area contributed by atoms with Gasteiger partial charge in [-0.15, -0.1) is 0 Å². The van der Waals surface area contributed by atoms with Gasteiger partial charge in [0.1, 0.15) is 36.9 Å². The number of carbonyl (C=O) groups excluding carboxylic acids is 1. The minimum absolute atomic E-state index is 0.0211. The van der Waals surface area contributed by atoms with Gasteiger partial charge in [-0.05, 0) is 84.9 Å². The number of anilines is 1. The van der Waals surface area contributed by atoms with Crippen LogP contribution >= 0.6 is 0 Å². The zero-order valence-corrected chi connectivity index (χ0v) is 31.8. The summed E-state index contributed by atoms with van der Waals surface area (Å²) in [5.41, 5.74) is 3.82. The number of carboxylic acid groups (broad SMARTS) is 1. The molecule has 0 heterocycles. The molecule has 1 aliphatic carbocycles. The van der Waals surface area contributed by atoms with Crippen molar-refractivity contribution in [2.45, 2.75) is 82.7 Å². The summed E-state index contributed by atoms with van der Waals surface area (Å²) in [5, 5.41) is 27.3. The number of benzene rings is 4. The van der Waals surface area contributed by atoms with Crippen molar-refractivity contribution in [3.63, 3.8) is 0 Å². The highest BCUT2D eigenvalue weighted by molar-refractivity contribution is 7.92. The van der Waals surface area contributed by atoms with Gasteiger partial charge in [-0.25, -0.2) is 13.2 Å². The van der Waals surface area contributed by atoms with Gasteiger partial charge in [-0.3, -0.25) is 9.52 Å². The van der Waals surface area contributed by atoms with Gasteiger partial charge in [0, 0.05) is 23.7 Å². The maximum Gasteiger partial charge on any atom is 0.326 e. The number of ether oxygens (including phenoxy) is 2. The first-order valence-electron chi connectivity index (χ1n) is 18.4. The molecule has 11 nitrogen and oxygen atoms in total. The van der Waals surface area contributed by atoms with Crippen LogP contribution in [-0.2, 0) is 27.8 Å². The van der Waals surface area contributed by atoms with Crippen LogP contribution in [0.5, 0.6) is 11.5 Å². The van der Waals surface area contributed by atoms with Gasteiger partial charge in [-0.1, -0.05) is 86.6 Å². The van der Waals surface area contributed by atoms with Crippen LogP contribution in [0.2, 0.25) is 0 Å². The quantitative estimate of drug-likeness (QED) is 0.0802. The molecule has 4 aromatic carbocycles. The van der Waals surface area contributed by atoms with Crippen LogP contribution < -0.4 is 24.8 Å². The molecular weight excluding hydrogens is 707 g/mol. The molecule has 0 spiro atoms. The molecule has 3 atom stereocenters. The highest BCUT2D eigenvalue weighted by atomic mass is 32.2. The molecule has 0 radical (unpaired) electrons. The molecule has 0 bridgehead atoms. The molecule has 5 N–H and O–H groups in total. The number of aliphatic hydroxyl groups excluding tert-OH is 1. The van der Waals surface area contributed by atoms with E-state index >= 15 is 0 Å². The summed E-state index contributed by atoms with van der Waals surface area (Å²) < 4.78 is 38.9. The molecule has 0 aliphatic heterocycles.